The van der Waals surface area contributed by atoms with E-state index in [1.807, 2.05) is 0 Å². The molecule has 1 fully saturated rings. The van der Waals surface area contributed by atoms with Gasteiger partial charge in [0.05, 0.1) is 17.2 Å². The van der Waals surface area contributed by atoms with Crippen molar-refractivity contribution in [1.29, 1.82) is 0 Å². The Morgan fingerprint density at radius 3 is 3.00 bits per heavy atom. The molecule has 0 aliphatic carbocycles. The van der Waals surface area contributed by atoms with Crippen LogP contribution < -0.4 is 11.1 Å². The van der Waals surface area contributed by atoms with Crippen molar-refractivity contribution < 1.29 is 8.42 Å². The number of thiocarbonyl (C=S) groups is 1. The van der Waals surface area contributed by atoms with Crippen LogP contribution in [0.4, 0.5) is 5.69 Å². The van der Waals surface area contributed by atoms with Gasteiger partial charge in [-0.25, -0.2) is 8.42 Å². The molecule has 5 nitrogen and oxygen atoms in total. The van der Waals surface area contributed by atoms with Gasteiger partial charge < -0.3 is 11.1 Å². The lowest BCUT2D eigenvalue weighted by atomic mass is 10.2. The predicted molar refractivity (Wildman–Crippen MR) is 75.4 cm³/mol. The van der Waals surface area contributed by atoms with E-state index in [0.29, 0.717) is 17.9 Å². The molecule has 0 spiro atoms. The molecular formula is C11H15N3O2S2. The standard InChI is InChI=1S/C11H15N3O2S2/c12-11(17)10-6-8(3-4-13-10)14-9-2-1-5-18(15,16)7-9/h3-4,6,9H,1-2,5,7H2,(H2,12,17)(H,13,14). The van der Waals surface area contributed by atoms with Crippen molar-refractivity contribution in [3.05, 3.63) is 24.0 Å². The average Bonchev–Trinajstić information content (AvgIpc) is 2.28. The molecule has 98 valence electrons. The lowest BCUT2D eigenvalue weighted by Crippen LogP contribution is -2.34. The van der Waals surface area contributed by atoms with Gasteiger partial charge in [-0.15, -0.1) is 0 Å². The summed E-state index contributed by atoms with van der Waals surface area (Å²) >= 11 is 4.85. The fraction of sp³-hybridized carbons (Fsp3) is 0.455. The van der Waals surface area contributed by atoms with E-state index in [2.05, 4.69) is 10.3 Å². The zero-order valence-electron chi connectivity index (χ0n) is 9.80. The smallest absolute Gasteiger partial charge is 0.152 e. The first kappa shape index (κ1) is 13.2. The second kappa shape index (κ2) is 5.19. The number of sulfone groups is 1. The molecule has 1 unspecified atom stereocenters. The van der Waals surface area contributed by atoms with E-state index in [1.54, 1.807) is 18.3 Å². The van der Waals surface area contributed by atoms with Crippen molar-refractivity contribution in [3.63, 3.8) is 0 Å². The van der Waals surface area contributed by atoms with Gasteiger partial charge in [-0.05, 0) is 25.0 Å². The summed E-state index contributed by atoms with van der Waals surface area (Å²) in [6, 6.07) is 3.47. The minimum atomic E-state index is -2.91. The molecule has 1 aliphatic rings. The van der Waals surface area contributed by atoms with Crippen LogP contribution in [-0.4, -0.2) is 35.9 Å². The Morgan fingerprint density at radius 1 is 1.56 bits per heavy atom. The second-order valence-corrected chi connectivity index (χ2v) is 7.06. The van der Waals surface area contributed by atoms with E-state index < -0.39 is 9.84 Å². The Labute approximate surface area is 112 Å². The third-order valence-corrected chi connectivity index (χ3v) is 4.88. The Balaban J connectivity index is 2.09. The highest BCUT2D eigenvalue weighted by molar-refractivity contribution is 7.91. The fourth-order valence-corrected chi connectivity index (χ4v) is 3.78. The van der Waals surface area contributed by atoms with Crippen molar-refractivity contribution in [2.45, 2.75) is 18.9 Å². The maximum atomic E-state index is 11.5. The van der Waals surface area contributed by atoms with Crippen molar-refractivity contribution >= 4 is 32.7 Å². The van der Waals surface area contributed by atoms with Gasteiger partial charge in [0.2, 0.25) is 0 Å². The monoisotopic (exact) mass is 285 g/mol. The van der Waals surface area contributed by atoms with Crippen LogP contribution in [0.3, 0.4) is 0 Å². The molecule has 1 aliphatic heterocycles. The van der Waals surface area contributed by atoms with E-state index in [9.17, 15) is 8.42 Å². The Kier molecular flexibility index (Phi) is 3.82. The third kappa shape index (κ3) is 3.39. The maximum Gasteiger partial charge on any atom is 0.152 e. The van der Waals surface area contributed by atoms with Crippen LogP contribution >= 0.6 is 12.2 Å². The SMILES string of the molecule is NC(=S)c1cc(NC2CCCS(=O)(=O)C2)ccn1. The molecule has 0 aromatic carbocycles. The van der Waals surface area contributed by atoms with Crippen LogP contribution in [0.5, 0.6) is 0 Å². The van der Waals surface area contributed by atoms with E-state index in [4.69, 9.17) is 18.0 Å². The molecule has 1 atom stereocenters. The second-order valence-electron chi connectivity index (χ2n) is 4.39. The number of hydrogen-bond donors (Lipinski definition) is 2. The number of anilines is 1. The van der Waals surface area contributed by atoms with Crippen LogP contribution in [0.1, 0.15) is 18.5 Å². The van der Waals surface area contributed by atoms with E-state index >= 15 is 0 Å². The summed E-state index contributed by atoms with van der Waals surface area (Å²) in [5.74, 6) is 0.470. The number of nitrogens with two attached hydrogens (primary N) is 1. The lowest BCUT2D eigenvalue weighted by Gasteiger charge is -2.24. The highest BCUT2D eigenvalue weighted by atomic mass is 32.2. The lowest BCUT2D eigenvalue weighted by molar-refractivity contribution is 0.562. The van der Waals surface area contributed by atoms with Crippen LogP contribution in [0.2, 0.25) is 0 Å². The van der Waals surface area contributed by atoms with Crippen molar-refractivity contribution in [2.24, 2.45) is 5.73 Å². The van der Waals surface area contributed by atoms with Crippen LogP contribution in [0.15, 0.2) is 18.3 Å². The summed E-state index contributed by atoms with van der Waals surface area (Å²) < 4.78 is 23.1. The molecule has 7 heteroatoms. The van der Waals surface area contributed by atoms with Crippen molar-refractivity contribution in [3.8, 4) is 0 Å². The highest BCUT2D eigenvalue weighted by Crippen LogP contribution is 2.17. The van der Waals surface area contributed by atoms with E-state index in [1.165, 1.54) is 0 Å². The van der Waals surface area contributed by atoms with Crippen molar-refractivity contribution in [1.82, 2.24) is 4.98 Å². The van der Waals surface area contributed by atoms with Gasteiger partial charge in [0.1, 0.15) is 4.99 Å². The Bertz CT molecular complexity index is 557. The normalized spacial score (nSPS) is 22.3. The highest BCUT2D eigenvalue weighted by Gasteiger charge is 2.24. The first-order valence-electron chi connectivity index (χ1n) is 5.69. The quantitative estimate of drug-likeness (QED) is 0.795. The Morgan fingerprint density at radius 2 is 2.33 bits per heavy atom. The minimum Gasteiger partial charge on any atom is -0.388 e. The maximum absolute atomic E-state index is 11.5. The number of nitrogens with zero attached hydrogens (tertiary/aromatic N) is 1. The van der Waals surface area contributed by atoms with Gasteiger partial charge in [0, 0.05) is 17.9 Å². The molecule has 0 radical (unpaired) electrons. The summed E-state index contributed by atoms with van der Waals surface area (Å²) in [7, 11) is -2.91. The molecular weight excluding hydrogens is 270 g/mol. The zero-order valence-corrected chi connectivity index (χ0v) is 11.4. The number of hydrogen-bond acceptors (Lipinski definition) is 5. The summed E-state index contributed by atoms with van der Waals surface area (Å²) in [5.41, 5.74) is 6.84. The topological polar surface area (TPSA) is 85.1 Å². The molecule has 18 heavy (non-hydrogen) atoms. The van der Waals surface area contributed by atoms with Crippen molar-refractivity contribution in [2.75, 3.05) is 16.8 Å². The van der Waals surface area contributed by atoms with Gasteiger partial charge in [0.25, 0.3) is 0 Å². The third-order valence-electron chi connectivity index (χ3n) is 2.85. The van der Waals surface area contributed by atoms with E-state index in [-0.39, 0.29) is 16.8 Å². The fourth-order valence-electron chi connectivity index (χ4n) is 2.03. The molecule has 2 rings (SSSR count). The molecule has 0 bridgehead atoms. The summed E-state index contributed by atoms with van der Waals surface area (Å²) in [5, 5.41) is 3.20. The molecule has 0 amide bonds. The van der Waals surface area contributed by atoms with E-state index in [0.717, 1.165) is 12.1 Å². The number of aromatic nitrogens is 1. The molecule has 1 aromatic heterocycles. The average molecular weight is 285 g/mol. The van der Waals surface area contributed by atoms with Gasteiger partial charge in [-0.2, -0.15) is 0 Å². The van der Waals surface area contributed by atoms with Gasteiger partial charge in [-0.3, -0.25) is 4.98 Å². The number of nitrogens with one attached hydrogen (secondary N) is 1. The first-order valence-corrected chi connectivity index (χ1v) is 7.92. The first-order chi connectivity index (χ1) is 8.46. The van der Waals surface area contributed by atoms with Crippen LogP contribution in [0.25, 0.3) is 0 Å². The number of rotatable bonds is 3. The summed E-state index contributed by atoms with van der Waals surface area (Å²) in [4.78, 5) is 4.27. The van der Waals surface area contributed by atoms with Crippen LogP contribution in [-0.2, 0) is 9.84 Å². The molecule has 1 aromatic rings. The Hall–Kier alpha value is -1.21. The van der Waals surface area contributed by atoms with Gasteiger partial charge in [-0.1, -0.05) is 12.2 Å². The minimum absolute atomic E-state index is 0.0506. The predicted octanol–water partition coefficient (Wildman–Crippen LogP) is 0.705. The summed E-state index contributed by atoms with van der Waals surface area (Å²) in [6.07, 6.45) is 3.16. The van der Waals surface area contributed by atoms with Crippen LogP contribution in [0, 0.1) is 0 Å². The molecule has 3 N–H and O–H groups in total. The molecule has 2 heterocycles. The summed E-state index contributed by atoms with van der Waals surface area (Å²) in [6.45, 7) is 0. The zero-order chi connectivity index (χ0) is 13.2. The van der Waals surface area contributed by atoms with Gasteiger partial charge >= 0.3 is 0 Å². The van der Waals surface area contributed by atoms with Gasteiger partial charge in [0.15, 0.2) is 9.84 Å². The molecule has 1 saturated heterocycles. The molecule has 0 saturated carbocycles. The largest absolute Gasteiger partial charge is 0.388 e. The number of pyridine rings is 1.